The van der Waals surface area contributed by atoms with Crippen LogP contribution in [0.1, 0.15) is 17.0 Å². The van der Waals surface area contributed by atoms with Gasteiger partial charge in [-0.3, -0.25) is 4.55 Å². The molecule has 0 aliphatic carbocycles. The molecule has 2 fully saturated rings. The SMILES string of the molecule is Cc1ccc(S(=O)(=O)O)cc1.Cc1nc(C(F)(F)F)ccc1S(=O)(=O)N1CC2(CNC2)C1. The van der Waals surface area contributed by atoms with Crippen molar-refractivity contribution in [1.29, 1.82) is 0 Å². The van der Waals surface area contributed by atoms with Crippen LogP contribution in [-0.4, -0.2) is 56.9 Å². The zero-order chi connectivity index (χ0) is 23.9. The molecule has 1 aromatic carbocycles. The van der Waals surface area contributed by atoms with Crippen LogP contribution in [0.3, 0.4) is 0 Å². The lowest BCUT2D eigenvalue weighted by atomic mass is 9.76. The van der Waals surface area contributed by atoms with Crippen LogP contribution in [0.2, 0.25) is 0 Å². The Kier molecular flexibility index (Phi) is 6.43. The summed E-state index contributed by atoms with van der Waals surface area (Å²) in [5.74, 6) is 0. The van der Waals surface area contributed by atoms with Crippen molar-refractivity contribution in [2.75, 3.05) is 26.2 Å². The molecule has 2 N–H and O–H groups in total. The monoisotopic (exact) mass is 493 g/mol. The summed E-state index contributed by atoms with van der Waals surface area (Å²) in [6.07, 6.45) is -4.58. The molecule has 0 unspecified atom stereocenters. The number of nitrogens with zero attached hydrogens (tertiary/aromatic N) is 2. The minimum atomic E-state index is -4.58. The molecule has 0 radical (unpaired) electrons. The van der Waals surface area contributed by atoms with E-state index in [0.717, 1.165) is 24.7 Å². The van der Waals surface area contributed by atoms with Gasteiger partial charge in [-0.25, -0.2) is 13.4 Å². The number of rotatable bonds is 3. The Morgan fingerprint density at radius 2 is 1.56 bits per heavy atom. The van der Waals surface area contributed by atoms with Crippen molar-refractivity contribution in [3.8, 4) is 0 Å². The van der Waals surface area contributed by atoms with Crippen molar-refractivity contribution in [2.45, 2.75) is 29.8 Å². The van der Waals surface area contributed by atoms with E-state index in [1.807, 2.05) is 6.92 Å². The van der Waals surface area contributed by atoms with E-state index in [9.17, 15) is 30.0 Å². The number of halogens is 3. The van der Waals surface area contributed by atoms with E-state index in [4.69, 9.17) is 4.55 Å². The van der Waals surface area contributed by atoms with E-state index in [2.05, 4.69) is 10.3 Å². The molecule has 2 aliphatic rings. The number of hydrogen-bond acceptors (Lipinski definition) is 6. The van der Waals surface area contributed by atoms with Crippen molar-refractivity contribution in [3.05, 3.63) is 53.3 Å². The predicted octanol–water partition coefficient (Wildman–Crippen LogP) is 2.24. The van der Waals surface area contributed by atoms with Gasteiger partial charge in [-0.2, -0.15) is 25.9 Å². The Morgan fingerprint density at radius 3 is 1.97 bits per heavy atom. The molecule has 8 nitrogen and oxygen atoms in total. The molecule has 2 saturated heterocycles. The van der Waals surface area contributed by atoms with Crippen molar-refractivity contribution in [2.24, 2.45) is 5.41 Å². The maximum atomic E-state index is 12.6. The first-order valence-electron chi connectivity index (χ1n) is 9.44. The Bertz CT molecular complexity index is 1200. The maximum Gasteiger partial charge on any atom is 0.433 e. The Hall–Kier alpha value is -2.06. The number of nitrogens with one attached hydrogen (secondary N) is 1. The number of benzene rings is 1. The molecule has 176 valence electrons. The number of aromatic nitrogens is 1. The molecule has 4 rings (SSSR count). The Labute approximate surface area is 184 Å². The predicted molar refractivity (Wildman–Crippen MR) is 109 cm³/mol. The van der Waals surface area contributed by atoms with Crippen LogP contribution in [0.4, 0.5) is 13.2 Å². The molecule has 2 aliphatic heterocycles. The van der Waals surface area contributed by atoms with Gasteiger partial charge in [0.15, 0.2) is 0 Å². The van der Waals surface area contributed by atoms with Crippen LogP contribution in [0, 0.1) is 19.3 Å². The fourth-order valence-corrected chi connectivity index (χ4v) is 5.71. The molecular formula is C19H22F3N3O5S2. The molecule has 0 atom stereocenters. The first kappa shape index (κ1) is 24.6. The topological polar surface area (TPSA) is 117 Å². The molecular weight excluding hydrogens is 471 g/mol. The average molecular weight is 494 g/mol. The van der Waals surface area contributed by atoms with Crippen LogP contribution >= 0.6 is 0 Å². The summed E-state index contributed by atoms with van der Waals surface area (Å²) >= 11 is 0. The first-order valence-corrected chi connectivity index (χ1v) is 12.3. The molecule has 32 heavy (non-hydrogen) atoms. The summed E-state index contributed by atoms with van der Waals surface area (Å²) in [6.45, 7) is 5.49. The number of sulfonamides is 1. The second kappa shape index (κ2) is 8.37. The fraction of sp³-hybridized carbons (Fsp3) is 0.421. The number of aryl methyl sites for hydroxylation is 2. The third-order valence-electron chi connectivity index (χ3n) is 5.29. The summed E-state index contributed by atoms with van der Waals surface area (Å²) in [6, 6.07) is 7.69. The summed E-state index contributed by atoms with van der Waals surface area (Å²) in [5.41, 5.74) is -0.238. The molecule has 0 bridgehead atoms. The van der Waals surface area contributed by atoms with E-state index < -0.39 is 32.0 Å². The lowest BCUT2D eigenvalue weighted by molar-refractivity contribution is -0.141. The van der Waals surface area contributed by atoms with Gasteiger partial charge in [0, 0.05) is 31.6 Å². The molecule has 2 aromatic rings. The minimum absolute atomic E-state index is 0.0142. The molecule has 1 spiro atoms. The third kappa shape index (κ3) is 5.12. The quantitative estimate of drug-likeness (QED) is 0.630. The fourth-order valence-electron chi connectivity index (χ4n) is 3.40. The van der Waals surface area contributed by atoms with Crippen molar-refractivity contribution in [3.63, 3.8) is 0 Å². The van der Waals surface area contributed by atoms with E-state index in [0.29, 0.717) is 19.2 Å². The largest absolute Gasteiger partial charge is 0.433 e. The first-order chi connectivity index (χ1) is 14.6. The van der Waals surface area contributed by atoms with Gasteiger partial charge in [-0.15, -0.1) is 0 Å². The molecule has 0 saturated carbocycles. The second-order valence-corrected chi connectivity index (χ2v) is 11.3. The zero-order valence-electron chi connectivity index (χ0n) is 17.2. The highest BCUT2D eigenvalue weighted by Gasteiger charge is 2.52. The van der Waals surface area contributed by atoms with Gasteiger partial charge in [-0.1, -0.05) is 17.7 Å². The standard InChI is InChI=1S/C12H14F3N3O2S.C7H8O3S/c1-8-9(2-3-10(17-8)12(13,14)15)21(19,20)18-6-11(7-18)4-16-5-11;1-6-2-4-7(5-3-6)11(8,9)10/h2-3,16H,4-7H2,1H3;2-5H,1H3,(H,8,9,10). The van der Waals surface area contributed by atoms with Crippen LogP contribution in [0.25, 0.3) is 0 Å². The molecule has 0 amide bonds. The highest BCUT2D eigenvalue weighted by molar-refractivity contribution is 7.89. The highest BCUT2D eigenvalue weighted by Crippen LogP contribution is 2.38. The zero-order valence-corrected chi connectivity index (χ0v) is 18.9. The second-order valence-electron chi connectivity index (χ2n) is 7.94. The highest BCUT2D eigenvalue weighted by atomic mass is 32.2. The lowest BCUT2D eigenvalue weighted by Crippen LogP contribution is -2.71. The van der Waals surface area contributed by atoms with Gasteiger partial charge in [-0.05, 0) is 38.1 Å². The number of alkyl halides is 3. The van der Waals surface area contributed by atoms with Crippen LogP contribution in [0.15, 0.2) is 46.2 Å². The summed E-state index contributed by atoms with van der Waals surface area (Å²) in [4.78, 5) is 3.16. The summed E-state index contributed by atoms with van der Waals surface area (Å²) < 4.78 is 93.3. The normalized spacial score (nSPS) is 18.3. The van der Waals surface area contributed by atoms with Crippen molar-refractivity contribution < 1.29 is 34.6 Å². The smallest absolute Gasteiger partial charge is 0.315 e. The summed E-state index contributed by atoms with van der Waals surface area (Å²) in [7, 11) is -7.79. The van der Waals surface area contributed by atoms with Crippen LogP contribution < -0.4 is 5.32 Å². The van der Waals surface area contributed by atoms with Gasteiger partial charge < -0.3 is 5.32 Å². The minimum Gasteiger partial charge on any atom is -0.315 e. The lowest BCUT2D eigenvalue weighted by Gasteiger charge is -2.55. The van der Waals surface area contributed by atoms with Gasteiger partial charge >= 0.3 is 6.18 Å². The van der Waals surface area contributed by atoms with Gasteiger partial charge in [0.2, 0.25) is 10.0 Å². The van der Waals surface area contributed by atoms with Gasteiger partial charge in [0.1, 0.15) is 10.6 Å². The molecule has 1 aromatic heterocycles. The Morgan fingerprint density at radius 1 is 1.00 bits per heavy atom. The molecule has 13 heteroatoms. The van der Waals surface area contributed by atoms with Crippen molar-refractivity contribution >= 4 is 20.1 Å². The van der Waals surface area contributed by atoms with Gasteiger partial charge in [0.25, 0.3) is 10.1 Å². The van der Waals surface area contributed by atoms with Crippen LogP contribution in [0.5, 0.6) is 0 Å². The van der Waals surface area contributed by atoms with Crippen LogP contribution in [-0.2, 0) is 26.3 Å². The van der Waals surface area contributed by atoms with E-state index >= 15 is 0 Å². The number of pyridine rings is 1. The average Bonchev–Trinajstić information content (AvgIpc) is 2.58. The third-order valence-corrected chi connectivity index (χ3v) is 8.08. The van der Waals surface area contributed by atoms with E-state index in [-0.39, 0.29) is 20.9 Å². The maximum absolute atomic E-state index is 12.6. The Balaban J connectivity index is 0.000000222. The summed E-state index contributed by atoms with van der Waals surface area (Å²) in [5, 5.41) is 3.09. The molecule has 3 heterocycles. The van der Waals surface area contributed by atoms with Gasteiger partial charge in [0.05, 0.1) is 10.6 Å². The van der Waals surface area contributed by atoms with E-state index in [1.54, 1.807) is 12.1 Å². The van der Waals surface area contributed by atoms with Crippen molar-refractivity contribution in [1.82, 2.24) is 14.6 Å². The van der Waals surface area contributed by atoms with E-state index in [1.165, 1.54) is 23.4 Å². The number of hydrogen-bond donors (Lipinski definition) is 2.